The summed E-state index contributed by atoms with van der Waals surface area (Å²) < 4.78 is 6.04. The Kier molecular flexibility index (Phi) is 5.87. The van der Waals surface area contributed by atoms with Crippen molar-refractivity contribution in [2.75, 3.05) is 19.0 Å². The van der Waals surface area contributed by atoms with Crippen LogP contribution in [-0.2, 0) is 4.74 Å². The number of nitrogens with one attached hydrogen (secondary N) is 2. The van der Waals surface area contributed by atoms with Crippen LogP contribution < -0.4 is 10.6 Å². The summed E-state index contributed by atoms with van der Waals surface area (Å²) >= 11 is 13.3. The molecule has 7 heteroatoms. The predicted octanol–water partition coefficient (Wildman–Crippen LogP) is 4.56. The Morgan fingerprint density at radius 2 is 2.05 bits per heavy atom. The van der Waals surface area contributed by atoms with Crippen LogP contribution in [0, 0.1) is 0 Å². The second kappa shape index (κ2) is 7.66. The molecule has 1 aromatic heterocycles. The maximum atomic E-state index is 11.9. The predicted molar refractivity (Wildman–Crippen MR) is 87.6 cm³/mol. The van der Waals surface area contributed by atoms with E-state index in [0.717, 1.165) is 4.88 Å². The molecule has 0 unspecified atom stereocenters. The highest BCUT2D eigenvalue weighted by Gasteiger charge is 2.14. The van der Waals surface area contributed by atoms with E-state index in [1.807, 2.05) is 6.07 Å². The van der Waals surface area contributed by atoms with Crippen LogP contribution in [0.15, 0.2) is 36.4 Å². The first-order valence-corrected chi connectivity index (χ1v) is 7.75. The van der Waals surface area contributed by atoms with Crippen LogP contribution in [0.5, 0.6) is 0 Å². The van der Waals surface area contributed by atoms with E-state index in [1.165, 1.54) is 11.3 Å². The van der Waals surface area contributed by atoms with Crippen LogP contribution in [0.4, 0.5) is 10.5 Å². The molecular weight excluding hydrogens is 331 g/mol. The minimum Gasteiger partial charge on any atom is -0.374 e. The first-order valence-electron chi connectivity index (χ1n) is 6.17. The average molecular weight is 345 g/mol. The topological polar surface area (TPSA) is 50.4 Å². The van der Waals surface area contributed by atoms with Gasteiger partial charge in [-0.3, -0.25) is 0 Å². The number of carbonyl (C=O) groups is 1. The van der Waals surface area contributed by atoms with Gasteiger partial charge in [-0.05, 0) is 24.3 Å². The van der Waals surface area contributed by atoms with Gasteiger partial charge in [0.25, 0.3) is 0 Å². The van der Waals surface area contributed by atoms with Crippen molar-refractivity contribution < 1.29 is 9.53 Å². The average Bonchev–Trinajstić information content (AvgIpc) is 2.89. The van der Waals surface area contributed by atoms with Gasteiger partial charge < -0.3 is 15.4 Å². The molecule has 1 heterocycles. The van der Waals surface area contributed by atoms with Gasteiger partial charge in [0.15, 0.2) is 0 Å². The van der Waals surface area contributed by atoms with Gasteiger partial charge in [0.05, 0.1) is 21.6 Å². The first-order chi connectivity index (χ1) is 10.1. The molecule has 2 amide bonds. The van der Waals surface area contributed by atoms with Gasteiger partial charge in [-0.2, -0.15) is 0 Å². The molecule has 0 aliphatic carbocycles. The number of thiophene rings is 1. The Morgan fingerprint density at radius 3 is 2.67 bits per heavy atom. The molecule has 0 aliphatic heterocycles. The van der Waals surface area contributed by atoms with Gasteiger partial charge in [0.2, 0.25) is 0 Å². The molecule has 2 aromatic rings. The van der Waals surface area contributed by atoms with Crippen molar-refractivity contribution in [1.82, 2.24) is 5.32 Å². The molecule has 0 radical (unpaired) electrons. The molecule has 112 valence electrons. The SMILES string of the molecule is CO[C@@H](CNC(=O)Nc1ccccc1Cl)c1ccc(Cl)s1. The molecule has 2 N–H and O–H groups in total. The van der Waals surface area contributed by atoms with E-state index >= 15 is 0 Å². The van der Waals surface area contributed by atoms with E-state index in [4.69, 9.17) is 27.9 Å². The fraction of sp³-hybridized carbons (Fsp3) is 0.214. The Morgan fingerprint density at radius 1 is 1.29 bits per heavy atom. The van der Waals surface area contributed by atoms with Gasteiger partial charge in [-0.15, -0.1) is 11.3 Å². The highest BCUT2D eigenvalue weighted by atomic mass is 35.5. The number of carbonyl (C=O) groups excluding carboxylic acids is 1. The number of para-hydroxylation sites is 1. The lowest BCUT2D eigenvalue weighted by Crippen LogP contribution is -2.32. The summed E-state index contributed by atoms with van der Waals surface area (Å²) in [5.74, 6) is 0. The van der Waals surface area contributed by atoms with Crippen molar-refractivity contribution in [2.45, 2.75) is 6.10 Å². The minimum atomic E-state index is -0.340. The first kappa shape index (κ1) is 16.1. The third-order valence-electron chi connectivity index (χ3n) is 2.77. The van der Waals surface area contributed by atoms with Crippen molar-refractivity contribution in [2.24, 2.45) is 0 Å². The second-order valence-electron chi connectivity index (χ2n) is 4.18. The lowest BCUT2D eigenvalue weighted by molar-refractivity contribution is 0.107. The standard InChI is InChI=1S/C14H14Cl2N2O2S/c1-20-11(12-6-7-13(16)21-12)8-17-14(19)18-10-5-3-2-4-9(10)15/h2-7,11H,8H2,1H3,(H2,17,18,19)/t11-/m0/s1. The van der Waals surface area contributed by atoms with E-state index in [0.29, 0.717) is 21.6 Å². The van der Waals surface area contributed by atoms with Crippen molar-refractivity contribution in [3.8, 4) is 0 Å². The van der Waals surface area contributed by atoms with E-state index < -0.39 is 0 Å². The smallest absolute Gasteiger partial charge is 0.319 e. The number of hydrogen-bond donors (Lipinski definition) is 2. The Hall–Kier alpha value is -1.27. The van der Waals surface area contributed by atoms with E-state index in [2.05, 4.69) is 10.6 Å². The van der Waals surface area contributed by atoms with E-state index in [1.54, 1.807) is 37.4 Å². The van der Waals surface area contributed by atoms with Gasteiger partial charge in [0, 0.05) is 12.0 Å². The number of ether oxygens (including phenoxy) is 1. The van der Waals surface area contributed by atoms with E-state index in [-0.39, 0.29) is 12.1 Å². The monoisotopic (exact) mass is 344 g/mol. The molecule has 1 atom stereocenters. The van der Waals surface area contributed by atoms with Crippen molar-refractivity contribution in [1.29, 1.82) is 0 Å². The highest BCUT2D eigenvalue weighted by Crippen LogP contribution is 2.28. The molecule has 21 heavy (non-hydrogen) atoms. The lowest BCUT2D eigenvalue weighted by atomic mass is 10.3. The third kappa shape index (κ3) is 4.61. The number of methoxy groups -OCH3 is 1. The summed E-state index contributed by atoms with van der Waals surface area (Å²) in [4.78, 5) is 12.8. The van der Waals surface area contributed by atoms with Crippen LogP contribution in [-0.4, -0.2) is 19.7 Å². The fourth-order valence-electron chi connectivity index (χ4n) is 1.72. The highest BCUT2D eigenvalue weighted by molar-refractivity contribution is 7.16. The number of hydrogen-bond acceptors (Lipinski definition) is 3. The zero-order valence-electron chi connectivity index (χ0n) is 11.2. The summed E-state index contributed by atoms with van der Waals surface area (Å²) in [6.07, 6.45) is -0.237. The van der Waals surface area contributed by atoms with Crippen LogP contribution in [0.25, 0.3) is 0 Å². The Bertz CT molecular complexity index is 619. The maximum Gasteiger partial charge on any atom is 0.319 e. The zero-order chi connectivity index (χ0) is 15.2. The number of rotatable bonds is 5. The molecule has 2 rings (SSSR count). The van der Waals surface area contributed by atoms with Crippen molar-refractivity contribution in [3.63, 3.8) is 0 Å². The molecule has 0 saturated carbocycles. The number of urea groups is 1. The van der Waals surface area contributed by atoms with Gasteiger partial charge in [-0.1, -0.05) is 35.3 Å². The molecule has 1 aromatic carbocycles. The minimum absolute atomic E-state index is 0.237. The van der Waals surface area contributed by atoms with Gasteiger partial charge in [0.1, 0.15) is 6.10 Å². The summed E-state index contributed by atoms with van der Waals surface area (Å²) in [6, 6.07) is 10.4. The maximum absolute atomic E-state index is 11.9. The van der Waals surface area contributed by atoms with Crippen LogP contribution in [0.2, 0.25) is 9.36 Å². The summed E-state index contributed by atoms with van der Waals surface area (Å²) in [7, 11) is 1.59. The summed E-state index contributed by atoms with van der Waals surface area (Å²) in [6.45, 7) is 0.337. The quantitative estimate of drug-likeness (QED) is 0.834. The summed E-state index contributed by atoms with van der Waals surface area (Å²) in [5, 5.41) is 5.92. The normalized spacial score (nSPS) is 12.0. The van der Waals surface area contributed by atoms with Crippen molar-refractivity contribution in [3.05, 3.63) is 50.6 Å². The molecular formula is C14H14Cl2N2O2S. The van der Waals surface area contributed by atoms with Crippen molar-refractivity contribution >= 4 is 46.3 Å². The van der Waals surface area contributed by atoms with Gasteiger partial charge in [-0.25, -0.2) is 4.79 Å². The number of benzene rings is 1. The molecule has 0 saturated heterocycles. The molecule has 4 nitrogen and oxygen atoms in total. The third-order valence-corrected chi connectivity index (χ3v) is 4.42. The molecule has 0 spiro atoms. The molecule has 0 bridgehead atoms. The Balaban J connectivity index is 1.89. The van der Waals surface area contributed by atoms with Crippen LogP contribution in [0.3, 0.4) is 0 Å². The molecule has 0 aliphatic rings. The van der Waals surface area contributed by atoms with E-state index in [9.17, 15) is 4.79 Å². The number of anilines is 1. The number of amides is 2. The largest absolute Gasteiger partial charge is 0.374 e. The van der Waals surface area contributed by atoms with Crippen LogP contribution >= 0.6 is 34.5 Å². The second-order valence-corrected chi connectivity index (χ2v) is 6.33. The lowest BCUT2D eigenvalue weighted by Gasteiger charge is -2.15. The number of halogens is 2. The Labute approximate surface area is 137 Å². The molecule has 0 fully saturated rings. The van der Waals surface area contributed by atoms with Gasteiger partial charge >= 0.3 is 6.03 Å². The van der Waals surface area contributed by atoms with Crippen LogP contribution in [0.1, 0.15) is 11.0 Å². The fourth-order valence-corrected chi connectivity index (χ4v) is 3.04. The summed E-state index contributed by atoms with van der Waals surface area (Å²) in [5.41, 5.74) is 0.560. The zero-order valence-corrected chi connectivity index (χ0v) is 13.6.